The molecule has 0 aliphatic heterocycles. The van der Waals surface area contributed by atoms with E-state index in [2.05, 4.69) is 0 Å². The van der Waals surface area contributed by atoms with Crippen LogP contribution in [0.1, 0.15) is 57.3 Å². The number of nitrogens with zero attached hydrogens (tertiary/aromatic N) is 1. The molecule has 0 spiro atoms. The molecule has 1 atom stereocenters. The molecule has 4 rings (SSSR count). The maximum atomic E-state index is 14.9. The number of carboxylic acids is 1. The van der Waals surface area contributed by atoms with Gasteiger partial charge in [-0.25, -0.2) is 9.18 Å². The van der Waals surface area contributed by atoms with Gasteiger partial charge in [-0.2, -0.15) is 0 Å². The second-order valence-electron chi connectivity index (χ2n) is 9.79. The molecule has 0 saturated heterocycles. The maximum Gasteiger partial charge on any atom is 0.341 e. The highest BCUT2D eigenvalue weighted by Crippen LogP contribution is 2.32. The summed E-state index contributed by atoms with van der Waals surface area (Å²) in [5.41, 5.74) is 6.27. The molecule has 0 radical (unpaired) electrons. The zero-order valence-corrected chi connectivity index (χ0v) is 22.6. The predicted molar refractivity (Wildman–Crippen MR) is 150 cm³/mol. The van der Waals surface area contributed by atoms with Gasteiger partial charge in [0, 0.05) is 29.6 Å². The monoisotopic (exact) mass is 566 g/mol. The summed E-state index contributed by atoms with van der Waals surface area (Å²) in [5, 5.41) is 19.9. The number of rotatable bonds is 10. The molecule has 0 unspecified atom stereocenters. The Morgan fingerprint density at radius 3 is 2.40 bits per heavy atom. The van der Waals surface area contributed by atoms with Crippen LogP contribution in [0.3, 0.4) is 0 Å². The van der Waals surface area contributed by atoms with Gasteiger partial charge in [0.2, 0.25) is 11.3 Å². The standard InChI is InChI=1S/C30H28ClFN2O6/c1-16(2)25(14-35)34-13-22(30(38)39)28(36)21-11-20(10-19-4-3-5-23(31)27(19)32)26(12-24(21)34)40-15-17-6-8-18(9-7-17)29(33)37/h3-9,11-13,16,25,35H,10,14-15H2,1-2H3,(H2,33,37)(H,38,39)/t25-/m1/s1. The van der Waals surface area contributed by atoms with E-state index in [-0.39, 0.29) is 41.5 Å². The maximum absolute atomic E-state index is 14.9. The van der Waals surface area contributed by atoms with Crippen molar-refractivity contribution < 1.29 is 28.9 Å². The highest BCUT2D eigenvalue weighted by molar-refractivity contribution is 6.30. The number of primary amides is 1. The Kier molecular flexibility index (Phi) is 8.56. The Hall–Kier alpha value is -4.21. The van der Waals surface area contributed by atoms with Crippen molar-refractivity contribution in [2.45, 2.75) is 32.9 Å². The number of aliphatic hydroxyl groups is 1. The van der Waals surface area contributed by atoms with Gasteiger partial charge in [0.1, 0.15) is 23.7 Å². The fourth-order valence-electron chi connectivity index (χ4n) is 4.56. The van der Waals surface area contributed by atoms with Crippen molar-refractivity contribution in [1.29, 1.82) is 0 Å². The van der Waals surface area contributed by atoms with Gasteiger partial charge in [0.25, 0.3) is 0 Å². The number of fused-ring (bicyclic) bond motifs is 1. The van der Waals surface area contributed by atoms with Crippen molar-refractivity contribution >= 4 is 34.4 Å². The lowest BCUT2D eigenvalue weighted by molar-refractivity contribution is 0.0693. The summed E-state index contributed by atoms with van der Waals surface area (Å²) < 4.78 is 22.6. The van der Waals surface area contributed by atoms with Crippen LogP contribution in [0.5, 0.6) is 5.75 Å². The van der Waals surface area contributed by atoms with Crippen LogP contribution in [0.4, 0.5) is 4.39 Å². The van der Waals surface area contributed by atoms with E-state index in [1.165, 1.54) is 18.3 Å². The molecule has 10 heteroatoms. The number of hydrogen-bond donors (Lipinski definition) is 3. The average molecular weight is 567 g/mol. The van der Waals surface area contributed by atoms with E-state index in [9.17, 15) is 29.0 Å². The first-order valence-corrected chi connectivity index (χ1v) is 12.9. The molecule has 1 heterocycles. The van der Waals surface area contributed by atoms with Crippen LogP contribution >= 0.6 is 11.6 Å². The fourth-order valence-corrected chi connectivity index (χ4v) is 4.75. The minimum absolute atomic E-state index is 0.00261. The number of amides is 1. The zero-order chi connectivity index (χ0) is 29.1. The molecule has 0 bridgehead atoms. The number of carboxylic acid groups (broad SMARTS) is 1. The molecule has 3 aromatic carbocycles. The van der Waals surface area contributed by atoms with E-state index in [4.69, 9.17) is 22.1 Å². The first-order valence-electron chi connectivity index (χ1n) is 12.5. The van der Waals surface area contributed by atoms with Crippen molar-refractivity contribution in [3.63, 3.8) is 0 Å². The third-order valence-electron chi connectivity index (χ3n) is 6.80. The Labute approximate surface area is 234 Å². The molecule has 4 N–H and O–H groups in total. The molecule has 0 saturated carbocycles. The van der Waals surface area contributed by atoms with Gasteiger partial charge in [0.05, 0.1) is 23.2 Å². The van der Waals surface area contributed by atoms with Gasteiger partial charge in [-0.1, -0.05) is 49.7 Å². The summed E-state index contributed by atoms with van der Waals surface area (Å²) in [5.74, 6) is -2.36. The molecule has 0 aliphatic carbocycles. The van der Waals surface area contributed by atoms with Crippen molar-refractivity contribution in [2.24, 2.45) is 11.7 Å². The second-order valence-corrected chi connectivity index (χ2v) is 10.2. The SMILES string of the molecule is CC(C)[C@@H](CO)n1cc(C(=O)O)c(=O)c2cc(Cc3cccc(Cl)c3F)c(OCc3ccc(C(N)=O)cc3)cc21. The first-order chi connectivity index (χ1) is 19.0. The van der Waals surface area contributed by atoms with E-state index in [0.717, 1.165) is 5.56 Å². The van der Waals surface area contributed by atoms with Crippen LogP contribution in [-0.2, 0) is 13.0 Å². The lowest BCUT2D eigenvalue weighted by atomic mass is 9.98. The third kappa shape index (κ3) is 5.85. The predicted octanol–water partition coefficient (Wildman–Crippen LogP) is 4.95. The molecular formula is C30H28ClFN2O6. The number of aliphatic hydroxyl groups excluding tert-OH is 1. The highest BCUT2D eigenvalue weighted by atomic mass is 35.5. The number of hydrogen-bond acceptors (Lipinski definition) is 5. The van der Waals surface area contributed by atoms with Gasteiger partial charge in [0.15, 0.2) is 0 Å². The normalized spacial score (nSPS) is 12.1. The van der Waals surface area contributed by atoms with Gasteiger partial charge >= 0.3 is 5.97 Å². The van der Waals surface area contributed by atoms with E-state index in [0.29, 0.717) is 22.4 Å². The molecular weight excluding hydrogens is 539 g/mol. The molecule has 8 nitrogen and oxygen atoms in total. The lowest BCUT2D eigenvalue weighted by Gasteiger charge is -2.25. The molecule has 1 aromatic heterocycles. The Balaban J connectivity index is 1.91. The second kappa shape index (κ2) is 11.9. The number of benzene rings is 3. The van der Waals surface area contributed by atoms with Crippen molar-refractivity contribution in [3.05, 3.63) is 110 Å². The summed E-state index contributed by atoms with van der Waals surface area (Å²) in [6.45, 7) is 3.51. The number of carbonyl (C=O) groups excluding carboxylic acids is 1. The largest absolute Gasteiger partial charge is 0.489 e. The van der Waals surface area contributed by atoms with Crippen molar-refractivity contribution in [3.8, 4) is 5.75 Å². The highest BCUT2D eigenvalue weighted by Gasteiger charge is 2.23. The quantitative estimate of drug-likeness (QED) is 0.249. The molecule has 1 amide bonds. The molecule has 208 valence electrons. The Bertz CT molecular complexity index is 1650. The fraction of sp³-hybridized carbons (Fsp3) is 0.233. The Morgan fingerprint density at radius 1 is 1.10 bits per heavy atom. The van der Waals surface area contributed by atoms with Gasteiger partial charge in [-0.05, 0) is 46.9 Å². The lowest BCUT2D eigenvalue weighted by Crippen LogP contribution is -2.25. The van der Waals surface area contributed by atoms with Gasteiger partial charge in [-0.15, -0.1) is 0 Å². The van der Waals surface area contributed by atoms with Crippen LogP contribution < -0.4 is 15.9 Å². The van der Waals surface area contributed by atoms with Gasteiger partial charge < -0.3 is 25.3 Å². The van der Waals surface area contributed by atoms with Crippen LogP contribution in [-0.4, -0.2) is 33.3 Å². The number of halogens is 2. The Morgan fingerprint density at radius 2 is 1.80 bits per heavy atom. The summed E-state index contributed by atoms with van der Waals surface area (Å²) in [6, 6.07) is 13.7. The van der Waals surface area contributed by atoms with E-state index < -0.39 is 34.7 Å². The molecule has 4 aromatic rings. The van der Waals surface area contributed by atoms with E-state index in [1.54, 1.807) is 47.0 Å². The smallest absolute Gasteiger partial charge is 0.341 e. The zero-order valence-electron chi connectivity index (χ0n) is 21.9. The van der Waals surface area contributed by atoms with Crippen LogP contribution in [0.2, 0.25) is 5.02 Å². The molecule has 40 heavy (non-hydrogen) atoms. The summed E-state index contributed by atoms with van der Waals surface area (Å²) in [4.78, 5) is 36.6. The van der Waals surface area contributed by atoms with Crippen LogP contribution in [0, 0.1) is 11.7 Å². The van der Waals surface area contributed by atoms with E-state index in [1.807, 2.05) is 13.8 Å². The molecule has 0 fully saturated rings. The minimum Gasteiger partial charge on any atom is -0.489 e. The van der Waals surface area contributed by atoms with Gasteiger partial charge in [-0.3, -0.25) is 9.59 Å². The van der Waals surface area contributed by atoms with Crippen molar-refractivity contribution in [2.75, 3.05) is 6.61 Å². The number of nitrogens with two attached hydrogens (primary N) is 1. The number of aromatic nitrogens is 1. The number of ether oxygens (including phenoxy) is 1. The van der Waals surface area contributed by atoms with Crippen LogP contribution in [0.15, 0.2) is 65.6 Å². The molecule has 0 aliphatic rings. The van der Waals surface area contributed by atoms with Crippen molar-refractivity contribution in [1.82, 2.24) is 4.57 Å². The number of aromatic carboxylic acids is 1. The van der Waals surface area contributed by atoms with Crippen LogP contribution in [0.25, 0.3) is 10.9 Å². The topological polar surface area (TPSA) is 132 Å². The summed E-state index contributed by atoms with van der Waals surface area (Å²) in [6.07, 6.45) is 1.24. The average Bonchev–Trinajstić information content (AvgIpc) is 2.91. The minimum atomic E-state index is -1.40. The summed E-state index contributed by atoms with van der Waals surface area (Å²) >= 11 is 5.99. The first kappa shape index (κ1) is 28.8. The third-order valence-corrected chi connectivity index (χ3v) is 7.10. The van der Waals surface area contributed by atoms with E-state index >= 15 is 0 Å². The summed E-state index contributed by atoms with van der Waals surface area (Å²) in [7, 11) is 0. The number of carbonyl (C=O) groups is 2. The number of pyridine rings is 1.